The Bertz CT molecular complexity index is 431. The van der Waals surface area contributed by atoms with Crippen LogP contribution in [0.3, 0.4) is 0 Å². The molecular formula is C13H17BrN2O2. The van der Waals surface area contributed by atoms with Gasteiger partial charge in [-0.05, 0) is 25.1 Å². The summed E-state index contributed by atoms with van der Waals surface area (Å²) in [5, 5.41) is 3.24. The molecule has 0 bridgehead atoms. The van der Waals surface area contributed by atoms with Gasteiger partial charge in [0.25, 0.3) is 5.91 Å². The van der Waals surface area contributed by atoms with Crippen LogP contribution < -0.4 is 10.1 Å². The lowest BCUT2D eigenvalue weighted by Gasteiger charge is -2.28. The van der Waals surface area contributed by atoms with E-state index in [1.165, 1.54) is 0 Å². The molecule has 1 amide bonds. The first-order chi connectivity index (χ1) is 8.72. The minimum absolute atomic E-state index is 0.0428. The molecule has 4 nitrogen and oxygen atoms in total. The van der Waals surface area contributed by atoms with E-state index in [0.717, 1.165) is 30.7 Å². The molecule has 1 heterocycles. The van der Waals surface area contributed by atoms with Crippen molar-refractivity contribution in [1.29, 1.82) is 0 Å². The molecule has 0 saturated carbocycles. The highest BCUT2D eigenvalue weighted by Crippen LogP contribution is 2.24. The summed E-state index contributed by atoms with van der Waals surface area (Å²) in [5.41, 5.74) is 0.633. The number of benzene rings is 1. The summed E-state index contributed by atoms with van der Waals surface area (Å²) in [5.74, 6) is 0.700. The van der Waals surface area contributed by atoms with E-state index in [2.05, 4.69) is 21.2 Å². The highest BCUT2D eigenvalue weighted by Gasteiger charge is 2.21. The van der Waals surface area contributed by atoms with E-state index in [9.17, 15) is 4.79 Å². The van der Waals surface area contributed by atoms with Crippen molar-refractivity contribution < 1.29 is 9.53 Å². The van der Waals surface area contributed by atoms with Gasteiger partial charge in [0.15, 0.2) is 0 Å². The Kier molecular flexibility index (Phi) is 4.60. The summed E-state index contributed by atoms with van der Waals surface area (Å²) in [6, 6.07) is 5.55. The zero-order valence-electron chi connectivity index (χ0n) is 10.4. The van der Waals surface area contributed by atoms with Crippen LogP contribution in [-0.2, 0) is 0 Å². The molecule has 5 heteroatoms. The molecule has 1 N–H and O–H groups in total. The molecule has 0 atom stereocenters. The number of carbonyl (C=O) groups excluding carboxylic acids is 1. The first-order valence-electron chi connectivity index (χ1n) is 6.14. The fourth-order valence-electron chi connectivity index (χ4n) is 1.99. The van der Waals surface area contributed by atoms with E-state index in [0.29, 0.717) is 17.9 Å². The van der Waals surface area contributed by atoms with Crippen LogP contribution in [0.15, 0.2) is 22.7 Å². The average Bonchev–Trinajstić information content (AvgIpc) is 2.41. The van der Waals surface area contributed by atoms with Crippen LogP contribution in [0, 0.1) is 0 Å². The molecule has 0 spiro atoms. The Morgan fingerprint density at radius 2 is 2.17 bits per heavy atom. The van der Waals surface area contributed by atoms with Gasteiger partial charge >= 0.3 is 0 Å². The van der Waals surface area contributed by atoms with Crippen LogP contribution in [0.2, 0.25) is 0 Å². The first kappa shape index (κ1) is 13.4. The second-order valence-corrected chi connectivity index (χ2v) is 5.03. The molecule has 1 aromatic carbocycles. The number of amides is 1. The van der Waals surface area contributed by atoms with Gasteiger partial charge in [-0.3, -0.25) is 4.79 Å². The standard InChI is InChI=1S/C13H17BrN2O2/c1-2-18-12-4-3-10(14)9-11(12)13(17)16-7-5-15-6-8-16/h3-4,9,15H,2,5-8H2,1H3. The highest BCUT2D eigenvalue weighted by atomic mass is 79.9. The third-order valence-electron chi connectivity index (χ3n) is 2.88. The quantitative estimate of drug-likeness (QED) is 0.927. The molecule has 1 aliphatic heterocycles. The van der Waals surface area contributed by atoms with Crippen molar-refractivity contribution in [2.24, 2.45) is 0 Å². The number of halogens is 1. The van der Waals surface area contributed by atoms with Crippen molar-refractivity contribution in [1.82, 2.24) is 10.2 Å². The topological polar surface area (TPSA) is 41.6 Å². The molecular weight excluding hydrogens is 296 g/mol. The van der Waals surface area contributed by atoms with Gasteiger partial charge in [-0.1, -0.05) is 15.9 Å². The zero-order valence-corrected chi connectivity index (χ0v) is 12.0. The Morgan fingerprint density at radius 1 is 1.44 bits per heavy atom. The summed E-state index contributed by atoms with van der Waals surface area (Å²) >= 11 is 3.40. The van der Waals surface area contributed by atoms with E-state index < -0.39 is 0 Å². The Labute approximate surface area is 115 Å². The predicted molar refractivity (Wildman–Crippen MR) is 74.1 cm³/mol. The second-order valence-electron chi connectivity index (χ2n) is 4.12. The van der Waals surface area contributed by atoms with E-state index in [-0.39, 0.29) is 5.91 Å². The van der Waals surface area contributed by atoms with Crippen LogP contribution >= 0.6 is 15.9 Å². The highest BCUT2D eigenvalue weighted by molar-refractivity contribution is 9.10. The van der Waals surface area contributed by atoms with Gasteiger partial charge in [0.05, 0.1) is 12.2 Å². The van der Waals surface area contributed by atoms with Crippen LogP contribution in [0.1, 0.15) is 17.3 Å². The monoisotopic (exact) mass is 312 g/mol. The number of nitrogens with zero attached hydrogens (tertiary/aromatic N) is 1. The number of rotatable bonds is 3. The smallest absolute Gasteiger partial charge is 0.257 e. The molecule has 0 unspecified atom stereocenters. The number of hydrogen-bond donors (Lipinski definition) is 1. The van der Waals surface area contributed by atoms with Gasteiger partial charge in [-0.15, -0.1) is 0 Å². The Balaban J connectivity index is 2.24. The van der Waals surface area contributed by atoms with Crippen molar-refractivity contribution in [3.63, 3.8) is 0 Å². The van der Waals surface area contributed by atoms with Crippen molar-refractivity contribution in [3.05, 3.63) is 28.2 Å². The molecule has 0 aliphatic carbocycles. The van der Waals surface area contributed by atoms with Gasteiger partial charge in [0.1, 0.15) is 5.75 Å². The molecule has 1 fully saturated rings. The van der Waals surface area contributed by atoms with E-state index in [1.54, 1.807) is 0 Å². The molecule has 0 aromatic heterocycles. The SMILES string of the molecule is CCOc1ccc(Br)cc1C(=O)N1CCNCC1. The van der Waals surface area contributed by atoms with Gasteiger partial charge in [-0.2, -0.15) is 0 Å². The van der Waals surface area contributed by atoms with Crippen LogP contribution in [0.4, 0.5) is 0 Å². The van der Waals surface area contributed by atoms with E-state index >= 15 is 0 Å². The third-order valence-corrected chi connectivity index (χ3v) is 3.37. The number of ether oxygens (including phenoxy) is 1. The molecule has 2 rings (SSSR count). The summed E-state index contributed by atoms with van der Waals surface area (Å²) in [7, 11) is 0. The summed E-state index contributed by atoms with van der Waals surface area (Å²) in [6.45, 7) is 5.67. The number of carbonyl (C=O) groups is 1. The van der Waals surface area contributed by atoms with Crippen LogP contribution in [0.25, 0.3) is 0 Å². The van der Waals surface area contributed by atoms with Gasteiger partial charge in [-0.25, -0.2) is 0 Å². The lowest BCUT2D eigenvalue weighted by Crippen LogP contribution is -2.46. The maximum atomic E-state index is 12.4. The van der Waals surface area contributed by atoms with Crippen molar-refractivity contribution in [3.8, 4) is 5.75 Å². The van der Waals surface area contributed by atoms with Crippen molar-refractivity contribution in [2.75, 3.05) is 32.8 Å². The van der Waals surface area contributed by atoms with Crippen LogP contribution in [0.5, 0.6) is 5.75 Å². The molecule has 1 aromatic rings. The van der Waals surface area contributed by atoms with Gasteiger partial charge in [0, 0.05) is 30.7 Å². The lowest BCUT2D eigenvalue weighted by molar-refractivity contribution is 0.0731. The lowest BCUT2D eigenvalue weighted by atomic mass is 10.1. The Morgan fingerprint density at radius 3 is 2.83 bits per heavy atom. The summed E-state index contributed by atoms with van der Waals surface area (Å²) in [6.07, 6.45) is 0. The Hall–Kier alpha value is -1.07. The fourth-order valence-corrected chi connectivity index (χ4v) is 2.35. The molecule has 1 aliphatic rings. The molecule has 1 saturated heterocycles. The average molecular weight is 313 g/mol. The normalized spacial score (nSPS) is 15.6. The van der Waals surface area contributed by atoms with Crippen molar-refractivity contribution >= 4 is 21.8 Å². The zero-order chi connectivity index (χ0) is 13.0. The maximum Gasteiger partial charge on any atom is 0.257 e. The predicted octanol–water partition coefficient (Wildman–Crippen LogP) is 1.89. The van der Waals surface area contributed by atoms with Gasteiger partial charge < -0.3 is 15.0 Å². The number of hydrogen-bond acceptors (Lipinski definition) is 3. The fraction of sp³-hybridized carbons (Fsp3) is 0.462. The van der Waals surface area contributed by atoms with Gasteiger partial charge in [0.2, 0.25) is 0 Å². The van der Waals surface area contributed by atoms with E-state index in [4.69, 9.17) is 4.74 Å². The van der Waals surface area contributed by atoms with Crippen LogP contribution in [-0.4, -0.2) is 43.6 Å². The summed E-state index contributed by atoms with van der Waals surface area (Å²) < 4.78 is 6.41. The largest absolute Gasteiger partial charge is 0.493 e. The first-order valence-corrected chi connectivity index (χ1v) is 6.94. The minimum atomic E-state index is 0.0428. The minimum Gasteiger partial charge on any atom is -0.493 e. The molecule has 98 valence electrons. The number of piperazine rings is 1. The number of nitrogens with one attached hydrogen (secondary N) is 1. The summed E-state index contributed by atoms with van der Waals surface area (Å²) in [4.78, 5) is 14.3. The maximum absolute atomic E-state index is 12.4. The second kappa shape index (κ2) is 6.20. The molecule has 18 heavy (non-hydrogen) atoms. The van der Waals surface area contributed by atoms with Crippen molar-refractivity contribution in [2.45, 2.75) is 6.92 Å². The third kappa shape index (κ3) is 3.03. The van der Waals surface area contributed by atoms with E-state index in [1.807, 2.05) is 30.0 Å². The molecule has 0 radical (unpaired) electrons.